The van der Waals surface area contributed by atoms with Crippen LogP contribution >= 0.6 is 0 Å². The molecule has 1 fully saturated rings. The fourth-order valence-electron chi connectivity index (χ4n) is 5.14. The van der Waals surface area contributed by atoms with Crippen LogP contribution < -0.4 is 28.8 Å². The molecular weight excluding hydrogens is 409 g/mol. The van der Waals surface area contributed by atoms with E-state index >= 15 is 0 Å². The summed E-state index contributed by atoms with van der Waals surface area (Å²) in [7, 11) is 0. The van der Waals surface area contributed by atoms with Gasteiger partial charge in [0.25, 0.3) is 0 Å². The van der Waals surface area contributed by atoms with E-state index in [1.807, 2.05) is 0 Å². The van der Waals surface area contributed by atoms with Crippen LogP contribution in [0.15, 0.2) is 46.6 Å². The van der Waals surface area contributed by atoms with Crippen LogP contribution in [0.3, 0.4) is 0 Å². The van der Waals surface area contributed by atoms with Crippen LogP contribution in [0.4, 0.5) is 0 Å². The number of rotatable bonds is 2. The molecule has 2 aromatic rings. The van der Waals surface area contributed by atoms with Gasteiger partial charge in [0.15, 0.2) is 0 Å². The van der Waals surface area contributed by atoms with Crippen LogP contribution in [-0.4, -0.2) is 4.98 Å². The third-order valence-electron chi connectivity index (χ3n) is 6.67. The maximum absolute atomic E-state index is 3.86. The van der Waals surface area contributed by atoms with E-state index in [1.54, 1.807) is 31.9 Å². The van der Waals surface area contributed by atoms with Gasteiger partial charge < -0.3 is 24.8 Å². The van der Waals surface area contributed by atoms with Gasteiger partial charge in [-0.3, -0.25) is 0 Å². The fourth-order valence-corrected chi connectivity index (χ4v) is 8.87. The van der Waals surface area contributed by atoms with E-state index in [9.17, 15) is 0 Å². The first kappa shape index (κ1) is 22.8. The van der Waals surface area contributed by atoms with Crippen LogP contribution in [0.1, 0.15) is 60.5 Å². The monoisotopic (exact) mass is 437 g/mol. The molecule has 1 heterocycles. The molecule has 0 radical (unpaired) electrons. The molecule has 2 unspecified atom stereocenters. The zero-order chi connectivity index (χ0) is 18.1. The maximum atomic E-state index is 3.86. The molecule has 0 amide bonds. The molecule has 1 nitrogen and oxygen atoms in total. The second-order valence-electron chi connectivity index (χ2n) is 9.06. The van der Waals surface area contributed by atoms with Gasteiger partial charge in [-0.05, 0) is 0 Å². The zero-order valence-electron chi connectivity index (χ0n) is 17.3. The van der Waals surface area contributed by atoms with Crippen molar-refractivity contribution in [1.29, 1.82) is 0 Å². The molecule has 0 spiro atoms. The van der Waals surface area contributed by atoms with Crippen molar-refractivity contribution in [3.63, 3.8) is 0 Å². The quantitative estimate of drug-likeness (QED) is 0.639. The van der Waals surface area contributed by atoms with Gasteiger partial charge in [0.05, 0.1) is 0 Å². The number of benzene rings is 1. The number of nitrogens with one attached hydrogen (secondary N) is 1. The second-order valence-corrected chi connectivity index (χ2v) is 11.5. The van der Waals surface area contributed by atoms with Gasteiger partial charge in [0.1, 0.15) is 0 Å². The molecule has 1 N–H and O–H groups in total. The van der Waals surface area contributed by atoms with Gasteiger partial charge in [-0.2, -0.15) is 0 Å². The molecule has 1 aromatic carbocycles. The molecule has 27 heavy (non-hydrogen) atoms. The van der Waals surface area contributed by atoms with E-state index in [0.717, 1.165) is 5.92 Å². The summed E-state index contributed by atoms with van der Waals surface area (Å²) in [5.41, 5.74) is 9.63. The standard InChI is InChI=1S/C12H14N.C11H15.2ClH.Ti/c1-12(2,3)10-8-13-11-7-5-4-6-9(10)11;1-6-5-10-8(3)7(2)9(4)11(6)10;;;/h4-7,13H,1-3H3;6H,5H2,1-4H3;2*1H;/q;;;;+2/p-2. The third-order valence-corrected chi connectivity index (χ3v) is 10.1. The van der Waals surface area contributed by atoms with Gasteiger partial charge in [0, 0.05) is 0 Å². The van der Waals surface area contributed by atoms with Gasteiger partial charge >= 0.3 is 161 Å². The van der Waals surface area contributed by atoms with Gasteiger partial charge in [-0.15, -0.1) is 0 Å². The average Bonchev–Trinajstić information content (AvgIpc) is 2.98. The van der Waals surface area contributed by atoms with E-state index < -0.39 is 0 Å². The molecule has 0 aliphatic heterocycles. The summed E-state index contributed by atoms with van der Waals surface area (Å²) in [5, 5.41) is 1.43. The first-order valence-electron chi connectivity index (χ1n) is 9.46. The number of aromatic nitrogens is 1. The molecule has 0 bridgehead atoms. The van der Waals surface area contributed by atoms with Crippen molar-refractivity contribution in [2.45, 2.75) is 64.0 Å². The number of hydrogen-bond acceptors (Lipinski definition) is 0. The first-order valence-corrected chi connectivity index (χ1v) is 11.0. The molecule has 2 atom stereocenters. The Morgan fingerprint density at radius 2 is 1.67 bits per heavy atom. The third kappa shape index (κ3) is 3.10. The van der Waals surface area contributed by atoms with Crippen molar-refractivity contribution in [2.24, 2.45) is 5.92 Å². The van der Waals surface area contributed by atoms with Crippen molar-refractivity contribution < 1.29 is 44.0 Å². The molecule has 4 heteroatoms. The van der Waals surface area contributed by atoms with Crippen molar-refractivity contribution in [2.75, 3.05) is 0 Å². The topological polar surface area (TPSA) is 15.8 Å². The van der Waals surface area contributed by atoms with Crippen LogP contribution in [0.2, 0.25) is 3.72 Å². The van der Waals surface area contributed by atoms with Crippen molar-refractivity contribution >= 4 is 14.9 Å². The first-order chi connectivity index (χ1) is 11.7. The number of hydrogen-bond donors (Lipinski definition) is 1. The Morgan fingerprint density at radius 1 is 1.04 bits per heavy atom. The average molecular weight is 438 g/mol. The molecule has 0 saturated heterocycles. The largest absolute Gasteiger partial charge is 1.00 e. The number of aromatic amines is 1. The van der Waals surface area contributed by atoms with Crippen molar-refractivity contribution in [3.8, 4) is 0 Å². The minimum atomic E-state index is -0.329. The number of halogens is 2. The molecule has 144 valence electrons. The summed E-state index contributed by atoms with van der Waals surface area (Å²) >= 11 is -0.329. The Kier molecular flexibility index (Phi) is 6.27. The summed E-state index contributed by atoms with van der Waals surface area (Å²) < 4.78 is 1.95. The molecule has 2 aliphatic carbocycles. The Labute approximate surface area is 185 Å². The fraction of sp³-hybridized carbons (Fsp3) is 0.478. The minimum absolute atomic E-state index is 0. The SMILES string of the molecule is CC1=C(C)[C]2([Ti+2][c]3[nH]c4ccccc4c3C(C)(C)C)C(=C1C)CC2C.[Cl-].[Cl-]. The molecule has 1 saturated carbocycles. The predicted molar refractivity (Wildman–Crippen MR) is 104 cm³/mol. The molecule has 1 aromatic heterocycles. The van der Waals surface area contributed by atoms with E-state index in [-0.39, 0.29) is 49.4 Å². The number of allylic oxidation sites excluding steroid dienone is 4. The molecule has 2 aliphatic rings. The maximum Gasteiger partial charge on any atom is -1.00 e. The number of fused-ring (bicyclic) bond motifs is 2. The number of para-hydroxylation sites is 1. The summed E-state index contributed by atoms with van der Waals surface area (Å²) in [5.74, 6) is 0.786. The van der Waals surface area contributed by atoms with E-state index in [4.69, 9.17) is 0 Å². The smallest absolute Gasteiger partial charge is 1.00 e. The molecular formula is C23H29Cl2NTi. The Morgan fingerprint density at radius 3 is 2.22 bits per heavy atom. The van der Waals surface area contributed by atoms with E-state index in [1.165, 1.54) is 17.3 Å². The van der Waals surface area contributed by atoms with E-state index in [0.29, 0.717) is 3.72 Å². The van der Waals surface area contributed by atoms with Crippen LogP contribution in [0, 0.1) is 5.92 Å². The normalized spacial score (nSPS) is 24.2. The summed E-state index contributed by atoms with van der Waals surface area (Å²) in [6.07, 6.45) is 1.30. The summed E-state index contributed by atoms with van der Waals surface area (Å²) in [6.45, 7) is 16.7. The summed E-state index contributed by atoms with van der Waals surface area (Å²) in [4.78, 5) is 3.86. The van der Waals surface area contributed by atoms with Crippen LogP contribution in [0.25, 0.3) is 10.9 Å². The van der Waals surface area contributed by atoms with Crippen molar-refractivity contribution in [1.82, 2.24) is 4.98 Å². The van der Waals surface area contributed by atoms with Gasteiger partial charge in [-0.1, -0.05) is 0 Å². The summed E-state index contributed by atoms with van der Waals surface area (Å²) in [6, 6.07) is 8.88. The van der Waals surface area contributed by atoms with Crippen molar-refractivity contribution in [3.05, 3.63) is 52.1 Å². The van der Waals surface area contributed by atoms with E-state index in [2.05, 4.69) is 77.7 Å². The Balaban J connectivity index is 0.00000131. The second kappa shape index (κ2) is 7.41. The number of H-pyrrole nitrogens is 1. The minimum Gasteiger partial charge on any atom is -1.00 e. The Bertz CT molecular complexity index is 925. The van der Waals surface area contributed by atoms with Gasteiger partial charge in [-0.25, -0.2) is 0 Å². The Hall–Kier alpha value is -0.466. The van der Waals surface area contributed by atoms with Gasteiger partial charge in [0.2, 0.25) is 0 Å². The van der Waals surface area contributed by atoms with Crippen LogP contribution in [-0.2, 0) is 24.6 Å². The zero-order valence-corrected chi connectivity index (χ0v) is 20.4. The van der Waals surface area contributed by atoms with Crippen LogP contribution in [0.5, 0.6) is 0 Å². The predicted octanol–water partition coefficient (Wildman–Crippen LogP) is 0.0462. The molecule has 4 rings (SSSR count).